The van der Waals surface area contributed by atoms with Crippen molar-refractivity contribution >= 4 is 34.0 Å². The summed E-state index contributed by atoms with van der Waals surface area (Å²) in [4.78, 5) is 30.3. The second-order valence-electron chi connectivity index (χ2n) is 8.43. The molecular formula is C29H28N2O5. The number of aromatic nitrogens is 1. The normalized spacial score (nSPS) is 11.8. The van der Waals surface area contributed by atoms with Crippen LogP contribution in [0.15, 0.2) is 72.9 Å². The number of nitrogens with zero attached hydrogens (tertiary/aromatic N) is 1. The first-order valence-corrected chi connectivity index (χ1v) is 11.7. The monoisotopic (exact) mass is 484 g/mol. The Morgan fingerprint density at radius 3 is 2.53 bits per heavy atom. The van der Waals surface area contributed by atoms with Gasteiger partial charge in [-0.15, -0.1) is 0 Å². The van der Waals surface area contributed by atoms with E-state index in [1.807, 2.05) is 32.0 Å². The van der Waals surface area contributed by atoms with Crippen LogP contribution in [-0.2, 0) is 9.47 Å². The predicted molar refractivity (Wildman–Crippen MR) is 139 cm³/mol. The third-order valence-electron chi connectivity index (χ3n) is 5.87. The molecule has 0 saturated heterocycles. The van der Waals surface area contributed by atoms with Gasteiger partial charge in [0.05, 0.1) is 22.3 Å². The predicted octanol–water partition coefficient (Wildman–Crippen LogP) is 6.48. The lowest BCUT2D eigenvalue weighted by Gasteiger charge is -2.20. The lowest BCUT2D eigenvalue weighted by Crippen LogP contribution is -2.14. The smallest absolute Gasteiger partial charge is 0.340 e. The summed E-state index contributed by atoms with van der Waals surface area (Å²) in [6.45, 7) is 3.82. The molecule has 0 saturated carbocycles. The number of nitrogens with one attached hydrogen (secondary N) is 1. The number of anilines is 2. The third-order valence-corrected chi connectivity index (χ3v) is 5.87. The number of esters is 1. The minimum atomic E-state index is -1.01. The van der Waals surface area contributed by atoms with E-state index in [0.29, 0.717) is 46.1 Å². The van der Waals surface area contributed by atoms with Gasteiger partial charge in [-0.3, -0.25) is 9.78 Å². The molecular weight excluding hydrogens is 456 g/mol. The number of ether oxygens (including phenoxy) is 2. The quantitative estimate of drug-likeness (QED) is 0.121. The van der Waals surface area contributed by atoms with Gasteiger partial charge in [-0.1, -0.05) is 43.3 Å². The highest BCUT2D eigenvalue weighted by molar-refractivity contribution is 6.09. The van der Waals surface area contributed by atoms with Gasteiger partial charge >= 0.3 is 5.97 Å². The van der Waals surface area contributed by atoms with Crippen LogP contribution < -0.4 is 5.32 Å². The molecule has 1 heterocycles. The van der Waals surface area contributed by atoms with E-state index in [4.69, 9.17) is 9.47 Å². The van der Waals surface area contributed by atoms with E-state index in [1.54, 1.807) is 54.7 Å². The Labute approximate surface area is 209 Å². The molecule has 0 spiro atoms. The molecule has 0 aliphatic rings. The third kappa shape index (κ3) is 5.21. The van der Waals surface area contributed by atoms with E-state index >= 15 is 0 Å². The van der Waals surface area contributed by atoms with Crippen LogP contribution in [0.5, 0.6) is 5.75 Å². The first kappa shape index (κ1) is 24.9. The highest BCUT2D eigenvalue weighted by Crippen LogP contribution is 2.36. The first-order chi connectivity index (χ1) is 17.4. The van der Waals surface area contributed by atoms with Crippen molar-refractivity contribution in [1.29, 1.82) is 0 Å². The minimum absolute atomic E-state index is 0.0324. The second-order valence-corrected chi connectivity index (χ2v) is 8.43. The van der Waals surface area contributed by atoms with Crippen molar-refractivity contribution < 1.29 is 24.2 Å². The topological polar surface area (TPSA) is 97.8 Å². The number of fused-ring (bicyclic) bond motifs is 1. The fourth-order valence-corrected chi connectivity index (χ4v) is 4.04. The van der Waals surface area contributed by atoms with Crippen molar-refractivity contribution in [2.45, 2.75) is 33.0 Å². The summed E-state index contributed by atoms with van der Waals surface area (Å²) in [5.74, 6) is -0.396. The average molecular weight is 485 g/mol. The number of hydrogen-bond donors (Lipinski definition) is 2. The Morgan fingerprint density at radius 1 is 1.06 bits per heavy atom. The highest BCUT2D eigenvalue weighted by atomic mass is 16.7. The van der Waals surface area contributed by atoms with Crippen molar-refractivity contribution in [3.63, 3.8) is 0 Å². The maximum Gasteiger partial charge on any atom is 0.340 e. The molecule has 2 N–H and O–H groups in total. The highest BCUT2D eigenvalue weighted by Gasteiger charge is 2.23. The van der Waals surface area contributed by atoms with Gasteiger partial charge in [0.2, 0.25) is 6.29 Å². The zero-order valence-electron chi connectivity index (χ0n) is 20.4. The molecule has 3 aromatic carbocycles. The molecule has 0 bridgehead atoms. The summed E-state index contributed by atoms with van der Waals surface area (Å²) in [5, 5.41) is 13.9. The Morgan fingerprint density at radius 2 is 1.83 bits per heavy atom. The molecule has 7 heteroatoms. The van der Waals surface area contributed by atoms with Gasteiger partial charge < -0.3 is 19.9 Å². The largest absolute Gasteiger partial charge is 0.508 e. The molecule has 7 nitrogen and oxygen atoms in total. The van der Waals surface area contributed by atoms with E-state index in [-0.39, 0.29) is 11.5 Å². The van der Waals surface area contributed by atoms with Crippen molar-refractivity contribution in [3.8, 4) is 5.75 Å². The molecule has 0 radical (unpaired) electrons. The van der Waals surface area contributed by atoms with Crippen molar-refractivity contribution in [3.05, 3.63) is 95.2 Å². The fraction of sp³-hybridized carbons (Fsp3) is 0.207. The Hall–Kier alpha value is -4.23. The molecule has 1 atom stereocenters. The number of aromatic hydroxyl groups is 1. The van der Waals surface area contributed by atoms with Crippen LogP contribution in [0, 0.1) is 6.92 Å². The molecule has 4 aromatic rings. The maximum absolute atomic E-state index is 13.0. The number of pyridine rings is 1. The number of methoxy groups -OCH3 is 1. The summed E-state index contributed by atoms with van der Waals surface area (Å²) < 4.78 is 11.2. The van der Waals surface area contributed by atoms with Crippen molar-refractivity contribution in [2.24, 2.45) is 0 Å². The number of para-hydroxylation sites is 1. The SMILES string of the molecule is CCCC(=O)c1cnc2c(C(OC)OC(=O)c3ccccc3)cccc2c1Nc1ccc(O)cc1C. The number of aryl methyl sites for hydroxylation is 1. The minimum Gasteiger partial charge on any atom is -0.508 e. The van der Waals surface area contributed by atoms with Crippen LogP contribution in [-0.4, -0.2) is 29.0 Å². The Bertz CT molecular complexity index is 1400. The number of hydrogen-bond acceptors (Lipinski definition) is 7. The number of rotatable bonds is 9. The van der Waals surface area contributed by atoms with E-state index in [1.165, 1.54) is 7.11 Å². The summed E-state index contributed by atoms with van der Waals surface area (Å²) in [5.41, 5.74) is 4.12. The van der Waals surface area contributed by atoms with Crippen LogP contribution in [0.4, 0.5) is 11.4 Å². The van der Waals surface area contributed by atoms with E-state index in [2.05, 4.69) is 10.3 Å². The van der Waals surface area contributed by atoms with Gasteiger partial charge in [-0.2, -0.15) is 0 Å². The van der Waals surface area contributed by atoms with Gasteiger partial charge in [0.15, 0.2) is 5.78 Å². The van der Waals surface area contributed by atoms with Gasteiger partial charge in [-0.05, 0) is 49.2 Å². The number of phenols is 1. The number of Topliss-reactive ketones (excluding diaryl/α,β-unsaturated/α-hetero) is 1. The van der Waals surface area contributed by atoms with Gasteiger partial charge in [-0.25, -0.2) is 4.79 Å². The van der Waals surface area contributed by atoms with Crippen LogP contribution in [0.1, 0.15) is 57.9 Å². The molecule has 36 heavy (non-hydrogen) atoms. The number of benzene rings is 3. The Balaban J connectivity index is 1.81. The molecule has 0 aliphatic heterocycles. The van der Waals surface area contributed by atoms with Crippen LogP contribution >= 0.6 is 0 Å². The standard InChI is InChI=1S/C29H28N2O5/c1-4-9-25(33)23-17-30-26-21(27(23)31-24-15-14-20(32)16-18(24)2)12-8-13-22(26)29(35-3)36-28(34)19-10-6-5-7-11-19/h5-8,10-17,29,32H,4,9H2,1-3H3,(H,30,31). The summed E-state index contributed by atoms with van der Waals surface area (Å²) in [6.07, 6.45) is 1.63. The number of carbonyl (C=O) groups excluding carboxylic acids is 2. The van der Waals surface area contributed by atoms with Crippen molar-refractivity contribution in [1.82, 2.24) is 4.98 Å². The molecule has 0 fully saturated rings. The lowest BCUT2D eigenvalue weighted by molar-refractivity contribution is -0.0919. The molecule has 1 unspecified atom stereocenters. The first-order valence-electron chi connectivity index (χ1n) is 11.7. The number of carbonyl (C=O) groups is 2. The maximum atomic E-state index is 13.0. The molecule has 0 amide bonds. The summed E-state index contributed by atoms with van der Waals surface area (Å²) in [7, 11) is 1.46. The lowest BCUT2D eigenvalue weighted by atomic mass is 10.0. The van der Waals surface area contributed by atoms with Crippen LogP contribution in [0.3, 0.4) is 0 Å². The number of ketones is 1. The average Bonchev–Trinajstić information content (AvgIpc) is 2.89. The Kier molecular flexibility index (Phi) is 7.61. The van der Waals surface area contributed by atoms with E-state index < -0.39 is 12.3 Å². The van der Waals surface area contributed by atoms with Crippen LogP contribution in [0.2, 0.25) is 0 Å². The molecule has 1 aromatic heterocycles. The van der Waals surface area contributed by atoms with Gasteiger partial charge in [0, 0.05) is 36.4 Å². The van der Waals surface area contributed by atoms with Crippen molar-refractivity contribution in [2.75, 3.05) is 12.4 Å². The zero-order chi connectivity index (χ0) is 25.7. The van der Waals surface area contributed by atoms with E-state index in [9.17, 15) is 14.7 Å². The van der Waals surface area contributed by atoms with Gasteiger partial charge in [0.1, 0.15) is 5.75 Å². The van der Waals surface area contributed by atoms with Gasteiger partial charge in [0.25, 0.3) is 0 Å². The summed E-state index contributed by atoms with van der Waals surface area (Å²) in [6, 6.07) is 19.1. The van der Waals surface area contributed by atoms with E-state index in [0.717, 1.165) is 11.3 Å². The summed E-state index contributed by atoms with van der Waals surface area (Å²) >= 11 is 0. The molecule has 0 aliphatic carbocycles. The second kappa shape index (κ2) is 11.0. The van der Waals surface area contributed by atoms with Crippen LogP contribution in [0.25, 0.3) is 10.9 Å². The number of phenolic OH excluding ortho intramolecular Hbond substituents is 1. The molecule has 4 rings (SSSR count). The molecule has 184 valence electrons. The fourth-order valence-electron chi connectivity index (χ4n) is 4.04. The zero-order valence-corrected chi connectivity index (χ0v) is 20.4.